The number of amides is 1. The third kappa shape index (κ3) is 5.20. The molecule has 1 saturated heterocycles. The van der Waals surface area contributed by atoms with Crippen molar-refractivity contribution >= 4 is 11.6 Å². The van der Waals surface area contributed by atoms with E-state index in [9.17, 15) is 9.18 Å². The Kier molecular flexibility index (Phi) is 6.84. The lowest BCUT2D eigenvalue weighted by Crippen LogP contribution is -2.49. The molecule has 2 rings (SSSR count). The molecule has 0 aliphatic carbocycles. The van der Waals surface area contributed by atoms with Gasteiger partial charge in [0.25, 0.3) is 0 Å². The Bertz CT molecular complexity index is 501. The highest BCUT2D eigenvalue weighted by atomic mass is 19.1. The van der Waals surface area contributed by atoms with E-state index in [1.54, 1.807) is 12.1 Å². The van der Waals surface area contributed by atoms with Gasteiger partial charge in [-0.3, -0.25) is 4.79 Å². The zero-order valence-corrected chi connectivity index (χ0v) is 14.3. The molecule has 23 heavy (non-hydrogen) atoms. The van der Waals surface area contributed by atoms with Crippen molar-refractivity contribution in [2.75, 3.05) is 51.2 Å². The van der Waals surface area contributed by atoms with Gasteiger partial charge in [-0.1, -0.05) is 25.5 Å². The molecule has 1 aromatic carbocycles. The molecule has 1 aromatic rings. The van der Waals surface area contributed by atoms with Gasteiger partial charge in [-0.15, -0.1) is 0 Å². The summed E-state index contributed by atoms with van der Waals surface area (Å²) in [7, 11) is 2.07. The molecule has 0 aromatic heterocycles. The highest BCUT2D eigenvalue weighted by Crippen LogP contribution is 2.20. The van der Waals surface area contributed by atoms with Crippen LogP contribution in [0.5, 0.6) is 0 Å². The number of hydrogen-bond acceptors (Lipinski definition) is 3. The molecule has 1 aliphatic heterocycles. The second-order valence-electron chi connectivity index (χ2n) is 6.23. The maximum atomic E-state index is 13.8. The van der Waals surface area contributed by atoms with Crippen LogP contribution >= 0.6 is 0 Å². The number of unbranched alkanes of at least 4 members (excludes halogenated alkanes) is 1. The monoisotopic (exact) mass is 321 g/mol. The normalized spacial score (nSPS) is 15.3. The van der Waals surface area contributed by atoms with E-state index in [0.717, 1.165) is 13.1 Å². The Balaban J connectivity index is 1.75. The van der Waals surface area contributed by atoms with Crippen LogP contribution in [-0.4, -0.2) is 62.0 Å². The maximum absolute atomic E-state index is 13.8. The average Bonchev–Trinajstić information content (AvgIpc) is 2.58. The standard InChI is InChI=1S/C18H28FN3O/c1-3-4-10-20(2)11-9-18(23)22-14-12-21(13-15-22)17-8-6-5-7-16(17)19/h5-8H,3-4,9-15H2,1-2H3. The van der Waals surface area contributed by atoms with Gasteiger partial charge >= 0.3 is 0 Å². The minimum absolute atomic E-state index is 0.190. The number of nitrogens with zero attached hydrogens (tertiary/aromatic N) is 3. The van der Waals surface area contributed by atoms with Crippen molar-refractivity contribution in [1.29, 1.82) is 0 Å². The number of rotatable bonds is 7. The molecule has 0 spiro atoms. The van der Waals surface area contributed by atoms with Crippen molar-refractivity contribution in [3.63, 3.8) is 0 Å². The predicted octanol–water partition coefficient (Wildman–Crippen LogP) is 2.60. The molecule has 1 amide bonds. The van der Waals surface area contributed by atoms with E-state index in [1.165, 1.54) is 18.9 Å². The van der Waals surface area contributed by atoms with Crippen LogP contribution in [0, 0.1) is 5.82 Å². The number of anilines is 1. The topological polar surface area (TPSA) is 26.8 Å². The number of piperazine rings is 1. The molecule has 0 N–H and O–H groups in total. The Morgan fingerprint density at radius 3 is 2.52 bits per heavy atom. The summed E-state index contributed by atoms with van der Waals surface area (Å²) < 4.78 is 13.8. The maximum Gasteiger partial charge on any atom is 0.223 e. The van der Waals surface area contributed by atoms with Crippen molar-refractivity contribution in [3.8, 4) is 0 Å². The number of hydrogen-bond donors (Lipinski definition) is 0. The van der Waals surface area contributed by atoms with Crippen LogP contribution in [0.3, 0.4) is 0 Å². The molecule has 0 unspecified atom stereocenters. The van der Waals surface area contributed by atoms with E-state index in [4.69, 9.17) is 0 Å². The van der Waals surface area contributed by atoms with Crippen LogP contribution < -0.4 is 4.90 Å². The summed E-state index contributed by atoms with van der Waals surface area (Å²) in [6.07, 6.45) is 2.92. The first-order chi connectivity index (χ1) is 11.1. The van der Waals surface area contributed by atoms with Crippen LogP contribution in [0.4, 0.5) is 10.1 Å². The molecule has 0 saturated carbocycles. The zero-order chi connectivity index (χ0) is 16.7. The Morgan fingerprint density at radius 2 is 1.87 bits per heavy atom. The van der Waals surface area contributed by atoms with Crippen molar-refractivity contribution < 1.29 is 9.18 Å². The molecule has 0 bridgehead atoms. The Morgan fingerprint density at radius 1 is 1.17 bits per heavy atom. The van der Waals surface area contributed by atoms with Gasteiger partial charge in [-0.05, 0) is 32.1 Å². The van der Waals surface area contributed by atoms with E-state index in [0.29, 0.717) is 38.3 Å². The van der Waals surface area contributed by atoms with E-state index in [-0.39, 0.29) is 11.7 Å². The lowest BCUT2D eigenvalue weighted by atomic mass is 10.2. The summed E-state index contributed by atoms with van der Waals surface area (Å²) in [6, 6.07) is 6.84. The summed E-state index contributed by atoms with van der Waals surface area (Å²) in [5, 5.41) is 0. The first-order valence-electron chi connectivity index (χ1n) is 8.57. The van der Waals surface area contributed by atoms with E-state index >= 15 is 0 Å². The Hall–Kier alpha value is -1.62. The number of carbonyl (C=O) groups excluding carboxylic acids is 1. The van der Waals surface area contributed by atoms with Gasteiger partial charge in [-0.25, -0.2) is 4.39 Å². The van der Waals surface area contributed by atoms with Gasteiger partial charge in [0.1, 0.15) is 5.82 Å². The molecule has 1 aliphatic rings. The first-order valence-corrected chi connectivity index (χ1v) is 8.57. The van der Waals surface area contributed by atoms with Crippen molar-refractivity contribution in [3.05, 3.63) is 30.1 Å². The third-order valence-electron chi connectivity index (χ3n) is 4.43. The minimum atomic E-state index is -0.190. The molecular formula is C18H28FN3O. The third-order valence-corrected chi connectivity index (χ3v) is 4.43. The Labute approximate surface area is 138 Å². The van der Waals surface area contributed by atoms with Crippen LogP contribution in [0.25, 0.3) is 0 Å². The van der Waals surface area contributed by atoms with Gasteiger partial charge in [0.2, 0.25) is 5.91 Å². The minimum Gasteiger partial charge on any atom is -0.366 e. The van der Waals surface area contributed by atoms with Gasteiger partial charge < -0.3 is 14.7 Å². The molecule has 128 valence electrons. The summed E-state index contributed by atoms with van der Waals surface area (Å²) in [5.74, 6) is 0.0198. The van der Waals surface area contributed by atoms with Crippen molar-refractivity contribution in [1.82, 2.24) is 9.80 Å². The van der Waals surface area contributed by atoms with Crippen molar-refractivity contribution in [2.24, 2.45) is 0 Å². The van der Waals surface area contributed by atoms with Gasteiger partial charge in [-0.2, -0.15) is 0 Å². The van der Waals surface area contributed by atoms with E-state index in [2.05, 4.69) is 18.9 Å². The fourth-order valence-electron chi connectivity index (χ4n) is 2.89. The fourth-order valence-corrected chi connectivity index (χ4v) is 2.89. The predicted molar refractivity (Wildman–Crippen MR) is 92.2 cm³/mol. The summed E-state index contributed by atoms with van der Waals surface area (Å²) in [5.41, 5.74) is 0.638. The molecule has 1 fully saturated rings. The highest BCUT2D eigenvalue weighted by Gasteiger charge is 2.22. The second-order valence-corrected chi connectivity index (χ2v) is 6.23. The molecule has 4 nitrogen and oxygen atoms in total. The van der Waals surface area contributed by atoms with Crippen LogP contribution in [0.1, 0.15) is 26.2 Å². The lowest BCUT2D eigenvalue weighted by Gasteiger charge is -2.36. The molecular weight excluding hydrogens is 293 g/mol. The first kappa shape index (κ1) is 17.7. The average molecular weight is 321 g/mol. The van der Waals surface area contributed by atoms with E-state index < -0.39 is 0 Å². The highest BCUT2D eigenvalue weighted by molar-refractivity contribution is 5.76. The van der Waals surface area contributed by atoms with Gasteiger partial charge in [0, 0.05) is 39.1 Å². The fraction of sp³-hybridized carbons (Fsp3) is 0.611. The number of carbonyl (C=O) groups is 1. The molecule has 0 radical (unpaired) electrons. The molecule has 5 heteroatoms. The summed E-state index contributed by atoms with van der Waals surface area (Å²) in [4.78, 5) is 18.4. The second kappa shape index (κ2) is 8.87. The smallest absolute Gasteiger partial charge is 0.223 e. The molecule has 0 atom stereocenters. The van der Waals surface area contributed by atoms with Gasteiger partial charge in [0.05, 0.1) is 5.69 Å². The largest absolute Gasteiger partial charge is 0.366 e. The lowest BCUT2D eigenvalue weighted by molar-refractivity contribution is -0.131. The summed E-state index contributed by atoms with van der Waals surface area (Å²) in [6.45, 7) is 6.76. The number of halogens is 1. The van der Waals surface area contributed by atoms with E-state index in [1.807, 2.05) is 15.9 Å². The SMILES string of the molecule is CCCCN(C)CCC(=O)N1CCN(c2ccccc2F)CC1. The summed E-state index contributed by atoms with van der Waals surface area (Å²) >= 11 is 0. The van der Waals surface area contributed by atoms with Crippen molar-refractivity contribution in [2.45, 2.75) is 26.2 Å². The van der Waals surface area contributed by atoms with Gasteiger partial charge in [0.15, 0.2) is 0 Å². The zero-order valence-electron chi connectivity index (χ0n) is 14.3. The van der Waals surface area contributed by atoms with Crippen LogP contribution in [-0.2, 0) is 4.79 Å². The van der Waals surface area contributed by atoms with Crippen LogP contribution in [0.15, 0.2) is 24.3 Å². The quantitative estimate of drug-likeness (QED) is 0.772. The molecule has 1 heterocycles. The number of para-hydroxylation sites is 1. The number of benzene rings is 1. The van der Waals surface area contributed by atoms with Crippen LogP contribution in [0.2, 0.25) is 0 Å².